The summed E-state index contributed by atoms with van der Waals surface area (Å²) in [5.74, 6) is 1.96. The molecule has 5 nitrogen and oxygen atoms in total. The van der Waals surface area contributed by atoms with Crippen molar-refractivity contribution in [1.29, 1.82) is 0 Å². The lowest BCUT2D eigenvalue weighted by Crippen LogP contribution is -2.47. The molecule has 4 aliphatic carbocycles. The van der Waals surface area contributed by atoms with E-state index in [9.17, 15) is 9.59 Å². The molecule has 0 aromatic heterocycles. The topological polar surface area (TPSA) is 55.8 Å². The number of carbonyl (C=O) groups is 2. The Morgan fingerprint density at radius 3 is 2.07 bits per heavy atom. The summed E-state index contributed by atoms with van der Waals surface area (Å²) in [6, 6.07) is 0. The van der Waals surface area contributed by atoms with Gasteiger partial charge in [-0.25, -0.2) is 0 Å². The van der Waals surface area contributed by atoms with Crippen molar-refractivity contribution in [2.75, 3.05) is 33.4 Å². The molecule has 4 rings (SSSR count). The van der Waals surface area contributed by atoms with E-state index in [-0.39, 0.29) is 43.0 Å². The van der Waals surface area contributed by atoms with E-state index in [1.165, 1.54) is 38.5 Å². The summed E-state index contributed by atoms with van der Waals surface area (Å²) in [6.45, 7) is 7.60. The van der Waals surface area contributed by atoms with Gasteiger partial charge in [-0.05, 0) is 88.6 Å². The van der Waals surface area contributed by atoms with Gasteiger partial charge in [0.05, 0.1) is 26.2 Å². The fourth-order valence-electron chi connectivity index (χ4n) is 6.06. The largest absolute Gasteiger partial charge is 0.465 e. The normalized spacial score (nSPS) is 32.5. The van der Waals surface area contributed by atoms with Gasteiger partial charge in [-0.3, -0.25) is 14.5 Å². The van der Waals surface area contributed by atoms with Crippen molar-refractivity contribution >= 4 is 11.9 Å². The summed E-state index contributed by atoms with van der Waals surface area (Å²) in [4.78, 5) is 26.1. The predicted octanol–water partition coefficient (Wildman–Crippen LogP) is 3.47. The number of nitrogens with zero attached hydrogens (tertiary/aromatic N) is 1. The first kappa shape index (κ1) is 20.6. The average molecular weight is 379 g/mol. The zero-order valence-corrected chi connectivity index (χ0v) is 17.1. The van der Waals surface area contributed by atoms with Gasteiger partial charge in [-0.2, -0.15) is 0 Å². The minimum Gasteiger partial charge on any atom is -0.465 e. The summed E-state index contributed by atoms with van der Waals surface area (Å²) in [6.07, 6.45) is 9.35. The molecule has 1 unspecified atom stereocenters. The Labute approximate surface area is 164 Å². The molecule has 4 saturated carbocycles. The number of carbonyl (C=O) groups excluding carboxylic acids is 2. The van der Waals surface area contributed by atoms with Crippen LogP contribution >= 0.6 is 0 Å². The Morgan fingerprint density at radius 2 is 1.56 bits per heavy atom. The molecule has 0 heterocycles. The maximum Gasteiger partial charge on any atom is 0.320 e. The van der Waals surface area contributed by atoms with Gasteiger partial charge in [0.2, 0.25) is 0 Å². The molecule has 4 bridgehead atoms. The van der Waals surface area contributed by atoms with Crippen LogP contribution < -0.4 is 0 Å². The Balaban J connectivity index is 1.34. The van der Waals surface area contributed by atoms with Crippen molar-refractivity contribution in [1.82, 2.24) is 4.90 Å². The monoisotopic (exact) mass is 378 g/mol. The highest BCUT2D eigenvalue weighted by Crippen LogP contribution is 2.61. The second-order valence-corrected chi connectivity index (χ2v) is 9.56. The van der Waals surface area contributed by atoms with Crippen LogP contribution in [0, 0.1) is 36.0 Å². The van der Waals surface area contributed by atoms with Crippen molar-refractivity contribution in [2.24, 2.45) is 29.1 Å². The van der Waals surface area contributed by atoms with Gasteiger partial charge in [0.25, 0.3) is 0 Å². The van der Waals surface area contributed by atoms with Gasteiger partial charge < -0.3 is 9.47 Å². The van der Waals surface area contributed by atoms with Crippen LogP contribution in [-0.2, 0) is 19.1 Å². The zero-order chi connectivity index (χ0) is 19.4. The van der Waals surface area contributed by atoms with E-state index >= 15 is 0 Å². The lowest BCUT2D eigenvalue weighted by molar-refractivity contribution is -0.154. The third-order valence-corrected chi connectivity index (χ3v) is 6.65. The molecule has 4 fully saturated rings. The summed E-state index contributed by atoms with van der Waals surface area (Å²) >= 11 is 0. The first-order valence-corrected chi connectivity index (χ1v) is 10.7. The summed E-state index contributed by atoms with van der Waals surface area (Å²) in [5.41, 5.74) is 0.207. The van der Waals surface area contributed by atoms with Gasteiger partial charge >= 0.3 is 11.9 Å². The van der Waals surface area contributed by atoms with Crippen LogP contribution in [0.3, 0.4) is 0 Å². The second kappa shape index (κ2) is 8.93. The van der Waals surface area contributed by atoms with E-state index in [1.807, 2.05) is 11.9 Å². The second-order valence-electron chi connectivity index (χ2n) is 9.56. The third kappa shape index (κ3) is 5.69. The third-order valence-electron chi connectivity index (χ3n) is 6.65. The molecule has 0 saturated heterocycles. The Morgan fingerprint density at radius 1 is 1.04 bits per heavy atom. The molecule has 0 aromatic rings. The zero-order valence-electron chi connectivity index (χ0n) is 17.1. The van der Waals surface area contributed by atoms with Crippen LogP contribution in [0.2, 0.25) is 0 Å². The van der Waals surface area contributed by atoms with Crippen molar-refractivity contribution in [2.45, 2.75) is 58.3 Å². The number of ether oxygens (including phenoxy) is 2. The number of hydrogen-bond acceptors (Lipinski definition) is 5. The lowest BCUT2D eigenvalue weighted by atomic mass is 9.49. The molecule has 27 heavy (non-hydrogen) atoms. The summed E-state index contributed by atoms with van der Waals surface area (Å²) in [7, 11) is 1.90. The maximum absolute atomic E-state index is 12.4. The van der Waals surface area contributed by atoms with E-state index in [4.69, 9.17) is 9.47 Å². The highest BCUT2D eigenvalue weighted by atomic mass is 16.5. The maximum atomic E-state index is 12.4. The van der Waals surface area contributed by atoms with Crippen LogP contribution in [0.5, 0.6) is 0 Å². The molecule has 0 amide bonds. The molecule has 5 heteroatoms. The molecule has 1 atom stereocenters. The molecule has 0 aromatic carbocycles. The minimum absolute atomic E-state index is 0.0976. The summed E-state index contributed by atoms with van der Waals surface area (Å²) in [5, 5.41) is 0. The average Bonchev–Trinajstić information content (AvgIpc) is 2.56. The Bertz CT molecular complexity index is 497. The van der Waals surface area contributed by atoms with Crippen molar-refractivity contribution in [3.8, 4) is 0 Å². The molecule has 0 spiro atoms. The van der Waals surface area contributed by atoms with E-state index in [2.05, 4.69) is 13.8 Å². The fourth-order valence-corrected chi connectivity index (χ4v) is 6.06. The minimum atomic E-state index is -0.250. The molecule has 153 valence electrons. The highest BCUT2D eigenvalue weighted by molar-refractivity contribution is 5.71. The van der Waals surface area contributed by atoms with Crippen LogP contribution in [0.15, 0.2) is 0 Å². The molecule has 0 N–H and O–H groups in total. The van der Waals surface area contributed by atoms with Crippen LogP contribution in [0.4, 0.5) is 0 Å². The van der Waals surface area contributed by atoms with Crippen molar-refractivity contribution in [3.05, 3.63) is 6.92 Å². The van der Waals surface area contributed by atoms with E-state index in [1.54, 1.807) is 0 Å². The molecule has 4 aliphatic rings. The standard InChI is InChI=1S/C22H36NO4/c1-4-5-23(3)13-21(25)27-15-16(2)14-26-20(24)12-22-9-17-6-18(10-22)8-19(7-17)11-22/h16-19H,2,4-15H2,1,3H3. The molecule has 0 aliphatic heterocycles. The highest BCUT2D eigenvalue weighted by Gasteiger charge is 2.51. The molecular formula is C22H36NO4. The molecule has 1 radical (unpaired) electrons. The quantitative estimate of drug-likeness (QED) is 0.545. The number of likely N-dealkylation sites (N-methyl/N-ethyl adjacent to an activating group) is 1. The van der Waals surface area contributed by atoms with E-state index < -0.39 is 0 Å². The van der Waals surface area contributed by atoms with Crippen molar-refractivity contribution in [3.63, 3.8) is 0 Å². The fraction of sp³-hybridized carbons (Fsp3) is 0.864. The van der Waals surface area contributed by atoms with E-state index in [0.717, 1.165) is 30.7 Å². The van der Waals surface area contributed by atoms with Gasteiger partial charge in [-0.15, -0.1) is 0 Å². The number of hydrogen-bond donors (Lipinski definition) is 0. The van der Waals surface area contributed by atoms with Gasteiger partial charge in [-0.1, -0.05) is 6.92 Å². The van der Waals surface area contributed by atoms with Crippen LogP contribution in [0.1, 0.15) is 58.3 Å². The van der Waals surface area contributed by atoms with Gasteiger partial charge in [0.1, 0.15) is 0 Å². The first-order chi connectivity index (χ1) is 12.9. The van der Waals surface area contributed by atoms with Gasteiger partial charge in [0, 0.05) is 5.92 Å². The summed E-state index contributed by atoms with van der Waals surface area (Å²) < 4.78 is 10.7. The predicted molar refractivity (Wildman–Crippen MR) is 104 cm³/mol. The molecular weight excluding hydrogens is 342 g/mol. The Kier molecular flexibility index (Phi) is 6.83. The van der Waals surface area contributed by atoms with Crippen LogP contribution in [0.25, 0.3) is 0 Å². The number of esters is 2. The van der Waals surface area contributed by atoms with E-state index in [0.29, 0.717) is 6.42 Å². The smallest absolute Gasteiger partial charge is 0.320 e. The van der Waals surface area contributed by atoms with Crippen molar-refractivity contribution < 1.29 is 19.1 Å². The SMILES string of the molecule is [CH2]C(COC(=O)CN(C)CCC)COC(=O)CC12CC3CC(CC(C3)C1)C2. The van der Waals surface area contributed by atoms with Gasteiger partial charge in [0.15, 0.2) is 0 Å². The first-order valence-electron chi connectivity index (χ1n) is 10.7. The Hall–Kier alpha value is -1.10. The number of rotatable bonds is 10. The lowest BCUT2D eigenvalue weighted by Gasteiger charge is -2.56. The van der Waals surface area contributed by atoms with Crippen LogP contribution in [-0.4, -0.2) is 50.2 Å².